The van der Waals surface area contributed by atoms with Crippen molar-refractivity contribution in [3.8, 4) is 5.75 Å². The largest absolute Gasteiger partial charge is 0.462 e. The van der Waals surface area contributed by atoms with E-state index in [0.29, 0.717) is 17.6 Å². The minimum absolute atomic E-state index is 0.123. The predicted molar refractivity (Wildman–Crippen MR) is 125 cm³/mol. The fourth-order valence-corrected chi connectivity index (χ4v) is 5.38. The SMILES string of the molecule is CC(C)OCP(=O)(NC(C)C(=O)OC(C)C)Oc1c(C(C)C)cccc1C(C)C1CC1. The molecule has 0 aromatic heterocycles. The standard InChI is InChI=1S/C24H40NO5P/c1-15(2)21-10-9-11-22(18(7)20-12-13-20)23(21)30-31(27,14-28-16(3)4)25-19(8)24(26)29-17(5)6/h9-11,15-20H,12-14H2,1-8H3,(H,25,27). The van der Waals surface area contributed by atoms with Gasteiger partial charge >= 0.3 is 13.5 Å². The Hall–Kier alpha value is -1.36. The van der Waals surface area contributed by atoms with Crippen LogP contribution in [0.25, 0.3) is 0 Å². The van der Waals surface area contributed by atoms with Crippen molar-refractivity contribution in [2.45, 2.75) is 98.3 Å². The van der Waals surface area contributed by atoms with Crippen LogP contribution in [-0.4, -0.2) is 30.6 Å². The molecule has 1 aromatic rings. The Labute approximate surface area is 187 Å². The number of hydrogen-bond donors (Lipinski definition) is 1. The molecule has 1 aliphatic rings. The molecule has 2 rings (SSSR count). The molecule has 0 bridgehead atoms. The van der Waals surface area contributed by atoms with Crippen molar-refractivity contribution >= 4 is 13.5 Å². The second kappa shape index (κ2) is 11.0. The van der Waals surface area contributed by atoms with E-state index in [-0.39, 0.29) is 24.5 Å². The van der Waals surface area contributed by atoms with E-state index in [1.807, 2.05) is 26.0 Å². The molecule has 0 amide bonds. The predicted octanol–water partition coefficient (Wildman–Crippen LogP) is 6.21. The smallest absolute Gasteiger partial charge is 0.342 e. The third kappa shape index (κ3) is 7.62. The summed E-state index contributed by atoms with van der Waals surface area (Å²) in [5.41, 5.74) is 2.08. The molecule has 0 aliphatic heterocycles. The van der Waals surface area contributed by atoms with Gasteiger partial charge in [0.15, 0.2) is 0 Å². The van der Waals surface area contributed by atoms with Crippen molar-refractivity contribution in [2.24, 2.45) is 5.92 Å². The molecule has 3 atom stereocenters. The average molecular weight is 454 g/mol. The molecule has 31 heavy (non-hydrogen) atoms. The Kier molecular flexibility index (Phi) is 9.17. The number of para-hydroxylation sites is 1. The van der Waals surface area contributed by atoms with Gasteiger partial charge in [0.05, 0.1) is 12.2 Å². The fraction of sp³-hybridized carbons (Fsp3) is 0.708. The van der Waals surface area contributed by atoms with E-state index in [4.69, 9.17) is 14.0 Å². The van der Waals surface area contributed by atoms with Crippen LogP contribution in [0.2, 0.25) is 0 Å². The molecular formula is C24H40NO5P. The van der Waals surface area contributed by atoms with Crippen LogP contribution >= 0.6 is 7.52 Å². The lowest BCUT2D eigenvalue weighted by molar-refractivity contribution is -0.149. The summed E-state index contributed by atoms with van der Waals surface area (Å²) in [7, 11) is -3.56. The highest BCUT2D eigenvalue weighted by molar-refractivity contribution is 7.57. The zero-order chi connectivity index (χ0) is 23.3. The van der Waals surface area contributed by atoms with Gasteiger partial charge < -0.3 is 14.0 Å². The summed E-state index contributed by atoms with van der Waals surface area (Å²) in [5.74, 6) is 1.33. The molecule has 1 saturated carbocycles. The Morgan fingerprint density at radius 3 is 2.16 bits per heavy atom. The summed E-state index contributed by atoms with van der Waals surface area (Å²) in [4.78, 5) is 12.4. The first-order valence-corrected chi connectivity index (χ1v) is 13.3. The zero-order valence-electron chi connectivity index (χ0n) is 20.3. The molecule has 1 aromatic carbocycles. The van der Waals surface area contributed by atoms with Crippen LogP contribution in [0.15, 0.2) is 18.2 Å². The van der Waals surface area contributed by atoms with E-state index < -0.39 is 19.5 Å². The highest BCUT2D eigenvalue weighted by Gasteiger charge is 2.36. The summed E-state index contributed by atoms with van der Waals surface area (Å²) >= 11 is 0. The minimum Gasteiger partial charge on any atom is -0.462 e. The normalized spacial score (nSPS) is 18.2. The lowest BCUT2D eigenvalue weighted by Crippen LogP contribution is -2.37. The van der Waals surface area contributed by atoms with E-state index in [0.717, 1.165) is 11.1 Å². The summed E-state index contributed by atoms with van der Waals surface area (Å²) < 4.78 is 31.2. The van der Waals surface area contributed by atoms with E-state index >= 15 is 0 Å². The number of ether oxygens (including phenoxy) is 2. The number of esters is 1. The molecule has 0 spiro atoms. The van der Waals surface area contributed by atoms with Gasteiger partial charge in [-0.25, -0.2) is 5.09 Å². The Morgan fingerprint density at radius 2 is 1.65 bits per heavy atom. The number of carbonyl (C=O) groups excluding carboxylic acids is 1. The summed E-state index contributed by atoms with van der Waals surface area (Å²) in [6.07, 6.45) is 1.90. The molecule has 0 radical (unpaired) electrons. The van der Waals surface area contributed by atoms with Gasteiger partial charge in [0.25, 0.3) is 0 Å². The second-order valence-corrected chi connectivity index (χ2v) is 11.5. The van der Waals surface area contributed by atoms with Crippen molar-refractivity contribution < 1.29 is 23.4 Å². The first-order valence-electron chi connectivity index (χ1n) is 11.4. The van der Waals surface area contributed by atoms with E-state index in [1.165, 1.54) is 12.8 Å². The number of carbonyl (C=O) groups is 1. The average Bonchev–Trinajstić information content (AvgIpc) is 3.50. The molecule has 1 N–H and O–H groups in total. The molecule has 1 fully saturated rings. The van der Waals surface area contributed by atoms with E-state index in [1.54, 1.807) is 20.8 Å². The molecule has 7 heteroatoms. The Bertz CT molecular complexity index is 788. The van der Waals surface area contributed by atoms with Crippen LogP contribution in [0.4, 0.5) is 0 Å². The van der Waals surface area contributed by atoms with Gasteiger partial charge in [-0.05, 0) is 76.3 Å². The zero-order valence-corrected chi connectivity index (χ0v) is 21.2. The maximum atomic E-state index is 14.0. The van der Waals surface area contributed by atoms with E-state index in [2.05, 4.69) is 31.9 Å². The van der Waals surface area contributed by atoms with Gasteiger partial charge in [0.1, 0.15) is 18.1 Å². The second-order valence-electron chi connectivity index (χ2n) is 9.49. The third-order valence-electron chi connectivity index (χ3n) is 5.43. The van der Waals surface area contributed by atoms with Crippen molar-refractivity contribution in [3.63, 3.8) is 0 Å². The third-order valence-corrected chi connectivity index (χ3v) is 7.18. The summed E-state index contributed by atoms with van der Waals surface area (Å²) in [6.45, 7) is 15.4. The molecular weight excluding hydrogens is 413 g/mol. The van der Waals surface area contributed by atoms with E-state index in [9.17, 15) is 9.36 Å². The first-order chi connectivity index (χ1) is 14.4. The van der Waals surface area contributed by atoms with Crippen LogP contribution < -0.4 is 9.61 Å². The number of nitrogens with one attached hydrogen (secondary N) is 1. The van der Waals surface area contributed by atoms with Crippen molar-refractivity contribution in [1.82, 2.24) is 5.09 Å². The van der Waals surface area contributed by atoms with Crippen molar-refractivity contribution in [2.75, 3.05) is 6.35 Å². The molecule has 1 aliphatic carbocycles. The van der Waals surface area contributed by atoms with Crippen LogP contribution in [0.5, 0.6) is 5.75 Å². The number of hydrogen-bond acceptors (Lipinski definition) is 5. The molecule has 0 saturated heterocycles. The van der Waals surface area contributed by atoms with Gasteiger partial charge in [-0.2, -0.15) is 0 Å². The first kappa shape index (κ1) is 25.9. The molecule has 176 valence electrons. The highest BCUT2D eigenvalue weighted by Crippen LogP contribution is 2.51. The maximum absolute atomic E-state index is 14.0. The monoisotopic (exact) mass is 453 g/mol. The van der Waals surface area contributed by atoms with Gasteiger partial charge in [-0.15, -0.1) is 0 Å². The van der Waals surface area contributed by atoms with Crippen LogP contribution in [0.1, 0.15) is 91.2 Å². The number of rotatable bonds is 12. The fourth-order valence-electron chi connectivity index (χ4n) is 3.51. The van der Waals surface area contributed by atoms with Crippen LogP contribution in [0, 0.1) is 5.92 Å². The van der Waals surface area contributed by atoms with Crippen LogP contribution in [-0.2, 0) is 18.8 Å². The van der Waals surface area contributed by atoms with Gasteiger partial charge in [0, 0.05) is 0 Å². The quantitative estimate of drug-likeness (QED) is 0.300. The topological polar surface area (TPSA) is 73.9 Å². The highest BCUT2D eigenvalue weighted by atomic mass is 31.2. The van der Waals surface area contributed by atoms with Crippen molar-refractivity contribution in [3.05, 3.63) is 29.3 Å². The Morgan fingerprint density at radius 1 is 1.03 bits per heavy atom. The molecule has 6 nitrogen and oxygen atoms in total. The molecule has 3 unspecified atom stereocenters. The molecule has 0 heterocycles. The summed E-state index contributed by atoms with van der Waals surface area (Å²) in [6, 6.07) is 5.34. The van der Waals surface area contributed by atoms with Crippen LogP contribution in [0.3, 0.4) is 0 Å². The maximum Gasteiger partial charge on any atom is 0.342 e. The van der Waals surface area contributed by atoms with Gasteiger partial charge in [0.2, 0.25) is 0 Å². The summed E-state index contributed by atoms with van der Waals surface area (Å²) in [5, 5.41) is 2.91. The van der Waals surface area contributed by atoms with Gasteiger partial charge in [-0.1, -0.05) is 39.0 Å². The van der Waals surface area contributed by atoms with Gasteiger partial charge in [-0.3, -0.25) is 9.36 Å². The lowest BCUT2D eigenvalue weighted by atomic mass is 9.90. The lowest BCUT2D eigenvalue weighted by Gasteiger charge is -2.28. The number of benzene rings is 1. The minimum atomic E-state index is -3.56. The van der Waals surface area contributed by atoms with Crippen molar-refractivity contribution in [1.29, 1.82) is 0 Å². The Balaban J connectivity index is 2.39.